The van der Waals surface area contributed by atoms with Crippen LogP contribution < -0.4 is 4.90 Å². The summed E-state index contributed by atoms with van der Waals surface area (Å²) in [6.45, 7) is 0. The normalized spacial score (nSPS) is 13.9. The molecule has 0 bridgehead atoms. The van der Waals surface area contributed by atoms with Crippen molar-refractivity contribution >= 4 is 39.0 Å². The minimum atomic E-state index is -0.579. The second-order valence-electron chi connectivity index (χ2n) is 19.0. The summed E-state index contributed by atoms with van der Waals surface area (Å²) in [7, 11) is 0. The maximum absolute atomic E-state index is 6.52. The van der Waals surface area contributed by atoms with Crippen molar-refractivity contribution in [3.63, 3.8) is 0 Å². The highest BCUT2D eigenvalue weighted by Gasteiger charge is 2.52. The lowest BCUT2D eigenvalue weighted by atomic mass is 9.67. The molecule has 2 nitrogen and oxygen atoms in total. The molecule has 11 aromatic carbocycles. The third-order valence-corrected chi connectivity index (χ3v) is 15.8. The van der Waals surface area contributed by atoms with E-state index in [0.29, 0.717) is 0 Å². The minimum absolute atomic E-state index is 0.533. The van der Waals surface area contributed by atoms with Gasteiger partial charge in [-0.2, -0.15) is 0 Å². The fraction of sp³-hybridized carbons (Fsp3) is 0.0294. The van der Waals surface area contributed by atoms with Crippen LogP contribution in [0.4, 0.5) is 17.1 Å². The Morgan fingerprint density at radius 1 is 0.271 bits per heavy atom. The molecule has 12 aromatic rings. The Morgan fingerprint density at radius 2 is 0.714 bits per heavy atom. The molecule has 0 fully saturated rings. The fourth-order valence-electron chi connectivity index (χ4n) is 13.0. The van der Waals surface area contributed by atoms with E-state index in [1.54, 1.807) is 0 Å². The van der Waals surface area contributed by atoms with E-state index in [9.17, 15) is 0 Å². The molecule has 0 saturated carbocycles. The molecule has 0 N–H and O–H groups in total. The number of fused-ring (bicyclic) bond motifs is 16. The van der Waals surface area contributed by atoms with Gasteiger partial charge in [-0.3, -0.25) is 0 Å². The van der Waals surface area contributed by atoms with Crippen molar-refractivity contribution in [1.29, 1.82) is 0 Å². The highest BCUT2D eigenvalue weighted by molar-refractivity contribution is 6.07. The van der Waals surface area contributed by atoms with Crippen LogP contribution in [0.2, 0.25) is 0 Å². The molecule has 70 heavy (non-hydrogen) atoms. The molecule has 326 valence electrons. The van der Waals surface area contributed by atoms with Gasteiger partial charge in [-0.05, 0) is 132 Å². The van der Waals surface area contributed by atoms with Gasteiger partial charge in [0.05, 0.1) is 16.5 Å². The highest BCUT2D eigenvalue weighted by atomic mass is 16.3. The van der Waals surface area contributed by atoms with Crippen molar-refractivity contribution in [1.82, 2.24) is 0 Å². The quantitative estimate of drug-likeness (QED) is 0.165. The van der Waals surface area contributed by atoms with Crippen molar-refractivity contribution in [3.05, 3.63) is 305 Å². The van der Waals surface area contributed by atoms with E-state index in [1.165, 1.54) is 77.9 Å². The van der Waals surface area contributed by atoms with Crippen LogP contribution in [0.1, 0.15) is 44.5 Å². The summed E-state index contributed by atoms with van der Waals surface area (Å²) in [5.74, 6) is 0. The van der Waals surface area contributed by atoms with E-state index in [-0.39, 0.29) is 0 Å². The Bertz CT molecular complexity index is 3990. The molecular formula is C68H43NO. The molecule has 1 heterocycles. The van der Waals surface area contributed by atoms with Crippen molar-refractivity contribution in [2.45, 2.75) is 10.8 Å². The van der Waals surface area contributed by atoms with Crippen molar-refractivity contribution < 1.29 is 4.42 Å². The third-order valence-electron chi connectivity index (χ3n) is 15.8. The van der Waals surface area contributed by atoms with Crippen LogP contribution >= 0.6 is 0 Å². The molecule has 0 amide bonds. The smallest absolute Gasteiger partial charge is 0.135 e. The molecule has 0 saturated heterocycles. The predicted octanol–water partition coefficient (Wildman–Crippen LogP) is 17.4. The second kappa shape index (κ2) is 14.8. The van der Waals surface area contributed by atoms with E-state index < -0.39 is 10.8 Å². The first-order valence-corrected chi connectivity index (χ1v) is 24.3. The molecule has 0 atom stereocenters. The monoisotopic (exact) mass is 889 g/mol. The SMILES string of the molecule is c1ccc(-c2cc3c(cc2N(c2ccc4c(c2)C(c2ccccc2)(c2ccccc2)c2ccccc2-4)c2ccc4oc5ccccc5c4c2)C2(c4ccccc4-c4ccccc42)c2ccccc2-3)cc1. The van der Waals surface area contributed by atoms with Crippen LogP contribution in [0, 0.1) is 0 Å². The van der Waals surface area contributed by atoms with Gasteiger partial charge in [0.2, 0.25) is 0 Å². The number of rotatable bonds is 6. The second-order valence-corrected chi connectivity index (χ2v) is 19.0. The minimum Gasteiger partial charge on any atom is -0.456 e. The number of hydrogen-bond acceptors (Lipinski definition) is 2. The summed E-state index contributed by atoms with van der Waals surface area (Å²) in [6.07, 6.45) is 0. The Kier molecular flexibility index (Phi) is 8.24. The van der Waals surface area contributed by atoms with Gasteiger partial charge in [-0.25, -0.2) is 0 Å². The number of para-hydroxylation sites is 1. The maximum atomic E-state index is 6.52. The van der Waals surface area contributed by atoms with Gasteiger partial charge in [-0.1, -0.05) is 212 Å². The molecule has 3 aliphatic carbocycles. The summed E-state index contributed by atoms with van der Waals surface area (Å²) in [6, 6.07) is 97.0. The summed E-state index contributed by atoms with van der Waals surface area (Å²) < 4.78 is 6.52. The average molecular weight is 890 g/mol. The molecule has 2 heteroatoms. The van der Waals surface area contributed by atoms with Crippen LogP contribution in [0.3, 0.4) is 0 Å². The number of benzene rings is 11. The van der Waals surface area contributed by atoms with E-state index in [1.807, 2.05) is 0 Å². The summed E-state index contributed by atoms with van der Waals surface area (Å²) in [4.78, 5) is 2.54. The molecule has 0 aliphatic heterocycles. The lowest BCUT2D eigenvalue weighted by Gasteiger charge is -2.35. The fourth-order valence-corrected chi connectivity index (χ4v) is 13.0. The Labute approximate surface area is 407 Å². The summed E-state index contributed by atoms with van der Waals surface area (Å²) in [5.41, 5.74) is 24.1. The molecular weight excluding hydrogens is 847 g/mol. The van der Waals surface area contributed by atoms with Gasteiger partial charge >= 0.3 is 0 Å². The van der Waals surface area contributed by atoms with Crippen LogP contribution in [0.25, 0.3) is 66.4 Å². The van der Waals surface area contributed by atoms with E-state index in [2.05, 4.69) is 266 Å². The largest absolute Gasteiger partial charge is 0.456 e. The van der Waals surface area contributed by atoms with Crippen LogP contribution in [0.5, 0.6) is 0 Å². The Morgan fingerprint density at radius 3 is 1.33 bits per heavy atom. The zero-order valence-electron chi connectivity index (χ0n) is 38.2. The molecule has 3 aliphatic rings. The maximum Gasteiger partial charge on any atom is 0.135 e. The summed E-state index contributed by atoms with van der Waals surface area (Å²) in [5, 5.41) is 2.18. The van der Waals surface area contributed by atoms with Gasteiger partial charge in [0.25, 0.3) is 0 Å². The lowest BCUT2D eigenvalue weighted by Crippen LogP contribution is -2.28. The third kappa shape index (κ3) is 5.17. The lowest BCUT2D eigenvalue weighted by molar-refractivity contribution is 0.669. The Hall–Kier alpha value is -8.98. The van der Waals surface area contributed by atoms with Crippen LogP contribution in [0.15, 0.2) is 265 Å². The van der Waals surface area contributed by atoms with E-state index in [4.69, 9.17) is 4.42 Å². The predicted molar refractivity (Wildman–Crippen MR) is 287 cm³/mol. The standard InChI is InChI=1S/C68H43NO/c1-4-20-44(21-5-1)55-42-56-52-29-13-18-34-61(52)68(59-32-16-11-26-49(59)50-27-12-17-33-60(50)68)63(56)43-64(55)69(47-37-39-66-57(40-47)54-30-14-19-35-65(54)70-66)48-36-38-53-51-28-10-15-31-58(51)67(62(53)41-48,45-22-6-2-7-23-45)46-24-8-3-9-25-46/h1-43H. The van der Waals surface area contributed by atoms with Gasteiger partial charge in [-0.15, -0.1) is 0 Å². The summed E-state index contributed by atoms with van der Waals surface area (Å²) >= 11 is 0. The zero-order valence-corrected chi connectivity index (χ0v) is 38.2. The first-order chi connectivity index (χ1) is 34.7. The number of furan rings is 1. The van der Waals surface area contributed by atoms with Gasteiger partial charge in [0.1, 0.15) is 11.2 Å². The number of hydrogen-bond donors (Lipinski definition) is 0. The topological polar surface area (TPSA) is 16.4 Å². The van der Waals surface area contributed by atoms with Crippen molar-refractivity contribution in [3.8, 4) is 44.5 Å². The molecule has 15 rings (SSSR count). The van der Waals surface area contributed by atoms with Gasteiger partial charge in [0, 0.05) is 27.7 Å². The first-order valence-electron chi connectivity index (χ1n) is 24.3. The molecule has 1 spiro atoms. The van der Waals surface area contributed by atoms with E-state index in [0.717, 1.165) is 50.1 Å². The molecule has 0 unspecified atom stereocenters. The molecule has 1 aromatic heterocycles. The number of nitrogens with zero attached hydrogens (tertiary/aromatic N) is 1. The molecule has 0 radical (unpaired) electrons. The van der Waals surface area contributed by atoms with Gasteiger partial charge in [0.15, 0.2) is 0 Å². The van der Waals surface area contributed by atoms with Crippen LogP contribution in [-0.2, 0) is 10.8 Å². The van der Waals surface area contributed by atoms with Crippen molar-refractivity contribution in [2.24, 2.45) is 0 Å². The average Bonchev–Trinajstić information content (AvgIpc) is 4.14. The van der Waals surface area contributed by atoms with Crippen molar-refractivity contribution in [2.75, 3.05) is 4.90 Å². The number of anilines is 3. The zero-order chi connectivity index (χ0) is 46.0. The van der Waals surface area contributed by atoms with E-state index >= 15 is 0 Å². The van der Waals surface area contributed by atoms with Crippen LogP contribution in [-0.4, -0.2) is 0 Å². The van der Waals surface area contributed by atoms with Gasteiger partial charge < -0.3 is 9.32 Å². The first kappa shape index (κ1) is 39.1. The highest BCUT2D eigenvalue weighted by Crippen LogP contribution is 2.65. The Balaban J connectivity index is 1.08.